The van der Waals surface area contributed by atoms with Gasteiger partial charge in [-0.05, 0) is 6.07 Å². The number of rotatable bonds is 7. The number of aliphatic hydroxyl groups excluding tert-OH is 1. The van der Waals surface area contributed by atoms with E-state index in [0.29, 0.717) is 17.7 Å². The molecule has 2 aromatic rings. The molecule has 0 saturated carbocycles. The first-order chi connectivity index (χ1) is 12.8. The van der Waals surface area contributed by atoms with Gasteiger partial charge in [0.1, 0.15) is 11.4 Å². The summed E-state index contributed by atoms with van der Waals surface area (Å²) in [4.78, 5) is 43.6. The maximum atomic E-state index is 11.8. The molecular formula is C16H12N4O7. The largest absolute Gasteiger partial charge is 0.507 e. The van der Waals surface area contributed by atoms with E-state index in [4.69, 9.17) is 0 Å². The molecule has 1 amide bonds. The summed E-state index contributed by atoms with van der Waals surface area (Å²) in [6.45, 7) is 0. The van der Waals surface area contributed by atoms with Gasteiger partial charge in [-0.15, -0.1) is 0 Å². The summed E-state index contributed by atoms with van der Waals surface area (Å²) in [7, 11) is 0. The number of ketones is 1. The highest BCUT2D eigenvalue weighted by Gasteiger charge is 2.20. The molecule has 11 nitrogen and oxygen atoms in total. The highest BCUT2D eigenvalue weighted by atomic mass is 16.6. The number of nitro benzene ring substituents is 2. The summed E-state index contributed by atoms with van der Waals surface area (Å²) in [5.41, 5.74) is 2.97. The third-order valence-corrected chi connectivity index (χ3v) is 3.26. The average molecular weight is 372 g/mol. The molecule has 138 valence electrons. The molecule has 0 bridgehead atoms. The first-order valence-electron chi connectivity index (χ1n) is 7.29. The molecule has 11 heteroatoms. The van der Waals surface area contributed by atoms with Crippen molar-refractivity contribution in [3.05, 3.63) is 80.4 Å². The van der Waals surface area contributed by atoms with E-state index in [-0.39, 0.29) is 5.69 Å². The summed E-state index contributed by atoms with van der Waals surface area (Å²) in [6, 6.07) is 10.7. The van der Waals surface area contributed by atoms with Gasteiger partial charge in [-0.1, -0.05) is 30.3 Å². The third-order valence-electron chi connectivity index (χ3n) is 3.26. The Morgan fingerprint density at radius 3 is 2.26 bits per heavy atom. The van der Waals surface area contributed by atoms with Gasteiger partial charge in [0.05, 0.1) is 15.9 Å². The number of hydrogen-bond acceptors (Lipinski definition) is 8. The number of aliphatic hydroxyl groups is 1. The number of hydrogen-bond donors (Lipinski definition) is 3. The predicted octanol–water partition coefficient (Wildman–Crippen LogP) is 2.11. The molecule has 0 unspecified atom stereocenters. The van der Waals surface area contributed by atoms with Gasteiger partial charge in [0.2, 0.25) is 5.78 Å². The molecule has 0 fully saturated rings. The third kappa shape index (κ3) is 4.85. The van der Waals surface area contributed by atoms with Crippen molar-refractivity contribution in [3.8, 4) is 0 Å². The number of nitro groups is 2. The number of benzene rings is 2. The number of carbonyl (C=O) groups excluding carboxylic acids is 2. The van der Waals surface area contributed by atoms with E-state index in [2.05, 4.69) is 5.43 Å². The number of non-ortho nitro benzene ring substituents is 1. The van der Waals surface area contributed by atoms with Crippen LogP contribution in [-0.4, -0.2) is 26.6 Å². The van der Waals surface area contributed by atoms with Gasteiger partial charge in [0.25, 0.3) is 5.69 Å². The molecule has 0 aliphatic carbocycles. The lowest BCUT2D eigenvalue weighted by Crippen LogP contribution is -2.34. The van der Waals surface area contributed by atoms with Crippen molar-refractivity contribution in [2.24, 2.45) is 0 Å². The minimum Gasteiger partial charge on any atom is -0.507 e. The number of amides is 1. The Morgan fingerprint density at radius 1 is 1.00 bits per heavy atom. The second-order valence-electron chi connectivity index (χ2n) is 5.05. The lowest BCUT2D eigenvalue weighted by atomic mass is 10.1. The van der Waals surface area contributed by atoms with Gasteiger partial charge < -0.3 is 5.11 Å². The molecule has 0 saturated heterocycles. The zero-order valence-corrected chi connectivity index (χ0v) is 13.5. The van der Waals surface area contributed by atoms with Crippen LogP contribution in [0.15, 0.2) is 54.6 Å². The van der Waals surface area contributed by atoms with Crippen LogP contribution >= 0.6 is 0 Å². The first-order valence-corrected chi connectivity index (χ1v) is 7.29. The van der Waals surface area contributed by atoms with Crippen LogP contribution in [0.4, 0.5) is 17.1 Å². The summed E-state index contributed by atoms with van der Waals surface area (Å²) < 4.78 is 0. The number of nitrogens with zero attached hydrogens (tertiary/aromatic N) is 2. The van der Waals surface area contributed by atoms with Crippen molar-refractivity contribution >= 4 is 34.5 Å². The Balaban J connectivity index is 2.10. The van der Waals surface area contributed by atoms with Crippen molar-refractivity contribution in [2.75, 3.05) is 5.43 Å². The van der Waals surface area contributed by atoms with E-state index in [9.17, 15) is 34.9 Å². The van der Waals surface area contributed by atoms with Crippen molar-refractivity contribution in [3.63, 3.8) is 0 Å². The molecule has 0 heterocycles. The minimum atomic E-state index is -1.20. The minimum absolute atomic E-state index is 0.261. The topological polar surface area (TPSA) is 165 Å². The monoisotopic (exact) mass is 372 g/mol. The molecule has 0 radical (unpaired) electrons. The summed E-state index contributed by atoms with van der Waals surface area (Å²) >= 11 is 0. The fraction of sp³-hybridized carbons (Fsp3) is 0. The molecule has 0 aliphatic heterocycles. The van der Waals surface area contributed by atoms with Gasteiger partial charge in [-0.25, -0.2) is 0 Å². The molecule has 0 spiro atoms. The smallest absolute Gasteiger partial charge is 0.310 e. The summed E-state index contributed by atoms with van der Waals surface area (Å²) in [5, 5.41) is 31.5. The number of hydrazine groups is 1. The highest BCUT2D eigenvalue weighted by Crippen LogP contribution is 2.28. The van der Waals surface area contributed by atoms with Crippen LogP contribution in [-0.2, 0) is 9.59 Å². The maximum absolute atomic E-state index is 11.8. The molecule has 2 rings (SSSR count). The number of nitrogens with one attached hydrogen (secondary N) is 2. The molecule has 0 aliphatic rings. The molecular weight excluding hydrogens is 360 g/mol. The van der Waals surface area contributed by atoms with Crippen LogP contribution < -0.4 is 10.9 Å². The second kappa shape index (κ2) is 8.20. The van der Waals surface area contributed by atoms with Gasteiger partial charge in [0, 0.05) is 17.7 Å². The Bertz CT molecular complexity index is 941. The van der Waals surface area contributed by atoms with Gasteiger partial charge >= 0.3 is 11.6 Å². The van der Waals surface area contributed by atoms with Gasteiger partial charge in [-0.3, -0.25) is 40.7 Å². The fourth-order valence-electron chi connectivity index (χ4n) is 1.96. The van der Waals surface area contributed by atoms with Crippen LogP contribution in [0.5, 0.6) is 0 Å². The summed E-state index contributed by atoms with van der Waals surface area (Å²) in [5.74, 6) is -2.75. The van der Waals surface area contributed by atoms with Crippen LogP contribution in [0.2, 0.25) is 0 Å². The normalized spacial score (nSPS) is 10.7. The standard InChI is InChI=1S/C16H12N4O7/c21-14(10-4-2-1-3-5-10)9-15(22)16(23)18-17-12-7-6-11(19(24)25)8-13(12)20(26)27/h1-9,17,21H,(H,18,23). The number of carbonyl (C=O) groups is 2. The van der Waals surface area contributed by atoms with Crippen molar-refractivity contribution in [1.82, 2.24) is 5.43 Å². The highest BCUT2D eigenvalue weighted by molar-refractivity contribution is 6.41. The maximum Gasteiger partial charge on any atom is 0.310 e. The van der Waals surface area contributed by atoms with E-state index in [1.807, 2.05) is 5.43 Å². The van der Waals surface area contributed by atoms with E-state index < -0.39 is 38.7 Å². The van der Waals surface area contributed by atoms with Crippen molar-refractivity contribution in [1.29, 1.82) is 0 Å². The Kier molecular flexibility index (Phi) is 5.79. The lowest BCUT2D eigenvalue weighted by Gasteiger charge is -2.07. The first kappa shape index (κ1) is 19.1. The zero-order valence-electron chi connectivity index (χ0n) is 13.5. The Labute approximate surface area is 151 Å². The zero-order chi connectivity index (χ0) is 20.0. The molecule has 0 aromatic heterocycles. The van der Waals surface area contributed by atoms with Crippen molar-refractivity contribution < 1.29 is 24.5 Å². The van der Waals surface area contributed by atoms with E-state index in [0.717, 1.165) is 12.1 Å². The van der Waals surface area contributed by atoms with Gasteiger partial charge in [0.15, 0.2) is 0 Å². The molecule has 0 atom stereocenters. The molecule has 3 N–H and O–H groups in total. The number of anilines is 1. The average Bonchev–Trinajstić information content (AvgIpc) is 2.66. The van der Waals surface area contributed by atoms with E-state index >= 15 is 0 Å². The predicted molar refractivity (Wildman–Crippen MR) is 93.6 cm³/mol. The SMILES string of the molecule is O=C(C=C(O)c1ccccc1)C(=O)NNc1ccc([N+](=O)[O-])cc1[N+](=O)[O-]. The Hall–Kier alpha value is -4.28. The van der Waals surface area contributed by atoms with Crippen LogP contribution in [0, 0.1) is 20.2 Å². The fourth-order valence-corrected chi connectivity index (χ4v) is 1.96. The van der Waals surface area contributed by atoms with Gasteiger partial charge in [-0.2, -0.15) is 0 Å². The van der Waals surface area contributed by atoms with E-state index in [1.165, 1.54) is 12.1 Å². The summed E-state index contributed by atoms with van der Waals surface area (Å²) in [6.07, 6.45) is 0.691. The second-order valence-corrected chi connectivity index (χ2v) is 5.05. The lowest BCUT2D eigenvalue weighted by molar-refractivity contribution is -0.393. The van der Waals surface area contributed by atoms with Crippen LogP contribution in [0.3, 0.4) is 0 Å². The van der Waals surface area contributed by atoms with Crippen molar-refractivity contribution in [2.45, 2.75) is 0 Å². The van der Waals surface area contributed by atoms with E-state index in [1.54, 1.807) is 18.2 Å². The quantitative estimate of drug-likeness (QED) is 0.218. The van der Waals surface area contributed by atoms with Crippen LogP contribution in [0.1, 0.15) is 5.56 Å². The Morgan fingerprint density at radius 2 is 1.67 bits per heavy atom. The van der Waals surface area contributed by atoms with Crippen LogP contribution in [0.25, 0.3) is 5.76 Å². The molecule has 2 aromatic carbocycles. The molecule has 27 heavy (non-hydrogen) atoms.